The summed E-state index contributed by atoms with van der Waals surface area (Å²) in [6, 6.07) is 5.72. The van der Waals surface area contributed by atoms with Crippen molar-refractivity contribution in [2.24, 2.45) is 5.92 Å². The van der Waals surface area contributed by atoms with Gasteiger partial charge in [-0.15, -0.1) is 0 Å². The zero-order valence-electron chi connectivity index (χ0n) is 15.4. The van der Waals surface area contributed by atoms with Gasteiger partial charge >= 0.3 is 0 Å². The summed E-state index contributed by atoms with van der Waals surface area (Å²) >= 11 is 5.84. The van der Waals surface area contributed by atoms with Crippen molar-refractivity contribution in [2.45, 2.75) is 62.3 Å². The number of sulfonamides is 1. The van der Waals surface area contributed by atoms with Crippen LogP contribution in [0.2, 0.25) is 5.02 Å². The lowest BCUT2D eigenvalue weighted by Gasteiger charge is -2.49. The van der Waals surface area contributed by atoms with Gasteiger partial charge in [0.1, 0.15) is 5.54 Å². The highest BCUT2D eigenvalue weighted by atomic mass is 35.5. The van der Waals surface area contributed by atoms with Gasteiger partial charge in [-0.1, -0.05) is 36.9 Å². The van der Waals surface area contributed by atoms with Crippen molar-refractivity contribution in [1.82, 2.24) is 9.62 Å². The van der Waals surface area contributed by atoms with Gasteiger partial charge in [0, 0.05) is 18.0 Å². The third-order valence-electron chi connectivity index (χ3n) is 5.73. The van der Waals surface area contributed by atoms with Crippen LogP contribution in [-0.2, 0) is 19.6 Å². The minimum absolute atomic E-state index is 0.0639. The third-order valence-corrected chi connectivity index (χ3v) is 7.29. The quantitative estimate of drug-likeness (QED) is 0.805. The molecule has 1 N–H and O–H groups in total. The van der Waals surface area contributed by atoms with Crippen LogP contribution in [0.1, 0.15) is 51.9 Å². The number of halogens is 1. The van der Waals surface area contributed by atoms with Gasteiger partial charge in [-0.3, -0.25) is 9.59 Å². The van der Waals surface area contributed by atoms with Gasteiger partial charge in [-0.2, -0.15) is 0 Å². The molecule has 1 aromatic rings. The summed E-state index contributed by atoms with van der Waals surface area (Å²) in [6.45, 7) is 2.10. The molecule has 0 radical (unpaired) electrons. The van der Waals surface area contributed by atoms with E-state index in [1.54, 1.807) is 13.0 Å². The van der Waals surface area contributed by atoms with Gasteiger partial charge in [0.25, 0.3) is 15.9 Å². The lowest BCUT2D eigenvalue weighted by Crippen LogP contribution is -2.68. The van der Waals surface area contributed by atoms with Crippen LogP contribution >= 0.6 is 11.6 Å². The van der Waals surface area contributed by atoms with Gasteiger partial charge in [0.15, 0.2) is 0 Å². The number of nitrogens with one attached hydrogen (secondary N) is 1. The van der Waals surface area contributed by atoms with Crippen LogP contribution < -0.4 is 4.72 Å². The van der Waals surface area contributed by atoms with Crippen molar-refractivity contribution in [3.05, 3.63) is 29.3 Å². The summed E-state index contributed by atoms with van der Waals surface area (Å²) in [4.78, 5) is 26.8. The molecule has 1 aromatic carbocycles. The van der Waals surface area contributed by atoms with E-state index in [1.165, 1.54) is 29.5 Å². The summed E-state index contributed by atoms with van der Waals surface area (Å²) in [6.07, 6.45) is 6.48. The summed E-state index contributed by atoms with van der Waals surface area (Å²) in [5, 5.41) is 0.268. The van der Waals surface area contributed by atoms with E-state index in [0.717, 1.165) is 25.7 Å². The van der Waals surface area contributed by atoms with Gasteiger partial charge in [0.2, 0.25) is 5.91 Å². The fourth-order valence-electron chi connectivity index (χ4n) is 3.87. The molecule has 1 saturated heterocycles. The maximum absolute atomic E-state index is 12.7. The van der Waals surface area contributed by atoms with Gasteiger partial charge in [-0.05, 0) is 50.3 Å². The Labute approximate surface area is 165 Å². The van der Waals surface area contributed by atoms with E-state index in [4.69, 9.17) is 11.6 Å². The molecular formula is C19H25ClN2O4S. The Hall–Kier alpha value is -1.60. The predicted octanol–water partition coefficient (Wildman–Crippen LogP) is 3.11. The standard InChI is InChI=1S/C19H25ClN2O4S/c1-19(10-11-22(19)17(23)12-14-6-3-2-4-7-14)18(24)21-27(25,26)16-9-5-8-15(20)13-16/h5,8-9,13-14H,2-4,6-7,10-12H2,1H3,(H,21,24). The number of rotatable bonds is 5. The number of hydrogen-bond donors (Lipinski definition) is 1. The molecule has 2 fully saturated rings. The van der Waals surface area contributed by atoms with Crippen molar-refractivity contribution in [3.63, 3.8) is 0 Å². The molecule has 0 spiro atoms. The number of likely N-dealkylation sites (tertiary alicyclic amines) is 1. The molecule has 8 heteroatoms. The lowest BCUT2D eigenvalue weighted by atomic mass is 9.82. The van der Waals surface area contributed by atoms with E-state index in [9.17, 15) is 18.0 Å². The molecule has 27 heavy (non-hydrogen) atoms. The third kappa shape index (κ3) is 4.29. The van der Waals surface area contributed by atoms with Crippen LogP contribution in [0.3, 0.4) is 0 Å². The maximum atomic E-state index is 12.7. The lowest BCUT2D eigenvalue weighted by molar-refractivity contribution is -0.157. The Bertz CT molecular complexity index is 836. The van der Waals surface area contributed by atoms with Crippen molar-refractivity contribution in [2.75, 3.05) is 6.54 Å². The highest BCUT2D eigenvalue weighted by molar-refractivity contribution is 7.90. The molecule has 1 aliphatic carbocycles. The zero-order valence-corrected chi connectivity index (χ0v) is 17.0. The van der Waals surface area contributed by atoms with Gasteiger partial charge in [-0.25, -0.2) is 13.1 Å². The number of benzene rings is 1. The van der Waals surface area contributed by atoms with E-state index < -0.39 is 21.5 Å². The highest BCUT2D eigenvalue weighted by Crippen LogP contribution is 2.34. The molecule has 1 aliphatic heterocycles. The summed E-state index contributed by atoms with van der Waals surface area (Å²) in [5.74, 6) is -0.369. The smallest absolute Gasteiger partial charge is 0.264 e. The normalized spacial score (nSPS) is 23.6. The van der Waals surface area contributed by atoms with Crippen molar-refractivity contribution < 1.29 is 18.0 Å². The first-order valence-electron chi connectivity index (χ1n) is 9.36. The summed E-state index contributed by atoms with van der Waals surface area (Å²) in [7, 11) is -4.04. The fraction of sp³-hybridized carbons (Fsp3) is 0.579. The second-order valence-corrected chi connectivity index (χ2v) is 9.79. The topological polar surface area (TPSA) is 83.6 Å². The van der Waals surface area contributed by atoms with Crippen molar-refractivity contribution in [1.29, 1.82) is 0 Å². The molecule has 2 aliphatic rings. The Morgan fingerprint density at radius 2 is 1.96 bits per heavy atom. The number of carbonyl (C=O) groups excluding carboxylic acids is 2. The van der Waals surface area contributed by atoms with E-state index >= 15 is 0 Å². The minimum atomic E-state index is -4.04. The Kier molecular flexibility index (Phi) is 5.82. The second kappa shape index (κ2) is 7.80. The monoisotopic (exact) mass is 412 g/mol. The molecule has 148 valence electrons. The molecule has 1 saturated carbocycles. The van der Waals surface area contributed by atoms with Crippen molar-refractivity contribution >= 4 is 33.4 Å². The van der Waals surface area contributed by atoms with Gasteiger partial charge < -0.3 is 4.90 Å². The number of amides is 2. The molecule has 1 heterocycles. The SMILES string of the molecule is CC1(C(=O)NS(=O)(=O)c2cccc(Cl)c2)CCN1C(=O)CC1CCCCC1. The molecule has 2 amide bonds. The Morgan fingerprint density at radius 3 is 2.56 bits per heavy atom. The van der Waals surface area contributed by atoms with E-state index in [0.29, 0.717) is 25.3 Å². The first-order chi connectivity index (χ1) is 12.7. The predicted molar refractivity (Wildman–Crippen MR) is 103 cm³/mol. The van der Waals surface area contributed by atoms with Crippen LogP contribution in [-0.4, -0.2) is 37.2 Å². The van der Waals surface area contributed by atoms with Crippen molar-refractivity contribution in [3.8, 4) is 0 Å². The first kappa shape index (κ1) is 20.1. The van der Waals surface area contributed by atoms with Crippen LogP contribution in [0.5, 0.6) is 0 Å². The average Bonchev–Trinajstić information content (AvgIpc) is 2.60. The summed E-state index contributed by atoms with van der Waals surface area (Å²) < 4.78 is 27.1. The Morgan fingerprint density at radius 1 is 1.26 bits per heavy atom. The fourth-order valence-corrected chi connectivity index (χ4v) is 5.25. The molecule has 1 atom stereocenters. The molecule has 3 rings (SSSR count). The van der Waals surface area contributed by atoms with Gasteiger partial charge in [0.05, 0.1) is 4.90 Å². The zero-order chi connectivity index (χ0) is 19.7. The van der Waals surface area contributed by atoms with E-state index in [2.05, 4.69) is 4.72 Å². The van der Waals surface area contributed by atoms with Crippen LogP contribution in [0, 0.1) is 5.92 Å². The van der Waals surface area contributed by atoms with E-state index in [1.807, 2.05) is 0 Å². The molecular weight excluding hydrogens is 388 g/mol. The maximum Gasteiger partial charge on any atom is 0.264 e. The summed E-state index contributed by atoms with van der Waals surface area (Å²) in [5.41, 5.74) is -1.13. The molecule has 1 unspecified atom stereocenters. The number of carbonyl (C=O) groups is 2. The first-order valence-corrected chi connectivity index (χ1v) is 11.2. The van der Waals surface area contributed by atoms with Crippen LogP contribution in [0.25, 0.3) is 0 Å². The van der Waals surface area contributed by atoms with E-state index in [-0.39, 0.29) is 15.8 Å². The second-order valence-electron chi connectivity index (χ2n) is 7.67. The van der Waals surface area contributed by atoms with Crippen LogP contribution in [0.15, 0.2) is 29.2 Å². The number of hydrogen-bond acceptors (Lipinski definition) is 4. The number of nitrogens with zero attached hydrogens (tertiary/aromatic N) is 1. The highest BCUT2D eigenvalue weighted by Gasteiger charge is 2.50. The minimum Gasteiger partial charge on any atom is -0.328 e. The largest absolute Gasteiger partial charge is 0.328 e. The van der Waals surface area contributed by atoms with Crippen LogP contribution in [0.4, 0.5) is 0 Å². The Balaban J connectivity index is 1.67. The molecule has 0 bridgehead atoms. The average molecular weight is 413 g/mol. The molecule has 0 aromatic heterocycles. The molecule has 6 nitrogen and oxygen atoms in total.